The first-order valence-electron chi connectivity index (χ1n) is 3.90. The van der Waals surface area contributed by atoms with Gasteiger partial charge in [0.2, 0.25) is 0 Å². The number of epoxide rings is 1. The Morgan fingerprint density at radius 1 is 1.45 bits per heavy atom. The average molecular weight is 157 g/mol. The van der Waals surface area contributed by atoms with Gasteiger partial charge in [-0.15, -0.1) is 0 Å². The van der Waals surface area contributed by atoms with Crippen molar-refractivity contribution in [2.24, 2.45) is 0 Å². The summed E-state index contributed by atoms with van der Waals surface area (Å²) in [5.74, 6) is 0. The maximum absolute atomic E-state index is 10.2. The Hall–Kier alpha value is -0.770. The molecule has 62 valence electrons. The molecule has 2 N–H and O–H groups in total. The Morgan fingerprint density at radius 2 is 2.27 bits per heavy atom. The van der Waals surface area contributed by atoms with Crippen LogP contribution in [-0.4, -0.2) is 29.4 Å². The number of carboxylic acid groups (broad SMARTS) is 1. The molecule has 2 aliphatic rings. The number of fused-ring (bicyclic) bond motifs is 1. The van der Waals surface area contributed by atoms with E-state index >= 15 is 0 Å². The van der Waals surface area contributed by atoms with Crippen LogP contribution in [0.3, 0.4) is 0 Å². The van der Waals surface area contributed by atoms with Crippen LogP contribution < -0.4 is 5.32 Å². The summed E-state index contributed by atoms with van der Waals surface area (Å²) in [5.41, 5.74) is 0. The van der Waals surface area contributed by atoms with Crippen molar-refractivity contribution in [2.45, 2.75) is 37.5 Å². The molecular formula is C7H11NO3. The lowest BCUT2D eigenvalue weighted by Gasteiger charge is -2.17. The van der Waals surface area contributed by atoms with Crippen LogP contribution in [0.15, 0.2) is 0 Å². The molecule has 1 heterocycles. The van der Waals surface area contributed by atoms with E-state index in [0.29, 0.717) is 12.2 Å². The van der Waals surface area contributed by atoms with Crippen molar-refractivity contribution in [1.82, 2.24) is 5.32 Å². The molecule has 11 heavy (non-hydrogen) atoms. The summed E-state index contributed by atoms with van der Waals surface area (Å²) in [4.78, 5) is 10.2. The summed E-state index contributed by atoms with van der Waals surface area (Å²) in [6, 6.07) is 0.122. The summed E-state index contributed by atoms with van der Waals surface area (Å²) in [6.07, 6.45) is 2.66. The molecule has 3 atom stereocenters. The molecule has 0 spiro atoms. The van der Waals surface area contributed by atoms with E-state index in [1.807, 2.05) is 0 Å². The Kier molecular flexibility index (Phi) is 1.49. The maximum Gasteiger partial charge on any atom is 0.404 e. The minimum Gasteiger partial charge on any atom is -0.465 e. The van der Waals surface area contributed by atoms with Crippen LogP contribution in [0, 0.1) is 0 Å². The topological polar surface area (TPSA) is 61.9 Å². The summed E-state index contributed by atoms with van der Waals surface area (Å²) in [6.45, 7) is 0. The number of hydrogen-bond donors (Lipinski definition) is 2. The van der Waals surface area contributed by atoms with Crippen molar-refractivity contribution < 1.29 is 14.6 Å². The van der Waals surface area contributed by atoms with Crippen molar-refractivity contribution >= 4 is 6.09 Å². The first kappa shape index (κ1) is 6.91. The first-order chi connectivity index (χ1) is 5.25. The largest absolute Gasteiger partial charge is 0.465 e. The molecule has 1 amide bonds. The van der Waals surface area contributed by atoms with Crippen LogP contribution in [0.5, 0.6) is 0 Å². The zero-order valence-corrected chi connectivity index (χ0v) is 6.12. The first-order valence-corrected chi connectivity index (χ1v) is 3.90. The summed E-state index contributed by atoms with van der Waals surface area (Å²) in [7, 11) is 0. The number of ether oxygens (including phenoxy) is 1. The highest BCUT2D eigenvalue weighted by Crippen LogP contribution is 2.36. The van der Waals surface area contributed by atoms with Gasteiger partial charge in [-0.25, -0.2) is 4.79 Å². The second kappa shape index (κ2) is 2.37. The minimum absolute atomic E-state index is 0.122. The summed E-state index contributed by atoms with van der Waals surface area (Å²) < 4.78 is 5.26. The average Bonchev–Trinajstić information content (AvgIpc) is 2.63. The molecule has 3 unspecified atom stereocenters. The van der Waals surface area contributed by atoms with Gasteiger partial charge in [0.05, 0.1) is 12.2 Å². The van der Waals surface area contributed by atoms with Gasteiger partial charge in [0.1, 0.15) is 0 Å². The quantitative estimate of drug-likeness (QED) is 0.547. The standard InChI is InChI=1S/C7H11NO3/c9-7(10)8-4-1-2-5-6(3-4)11-5/h4-6,8H,1-3H2,(H,9,10). The molecule has 1 aliphatic heterocycles. The molecule has 1 aliphatic carbocycles. The molecule has 0 aromatic rings. The molecule has 4 heteroatoms. The van der Waals surface area contributed by atoms with E-state index < -0.39 is 6.09 Å². The Balaban J connectivity index is 1.81. The lowest BCUT2D eigenvalue weighted by Crippen LogP contribution is -2.37. The Morgan fingerprint density at radius 3 is 2.91 bits per heavy atom. The second-order valence-electron chi connectivity index (χ2n) is 3.17. The highest BCUT2D eigenvalue weighted by atomic mass is 16.6. The monoisotopic (exact) mass is 157 g/mol. The predicted octanol–water partition coefficient (Wildman–Crippen LogP) is 0.574. The Bertz CT molecular complexity index is 183. The fraction of sp³-hybridized carbons (Fsp3) is 0.857. The van der Waals surface area contributed by atoms with E-state index in [-0.39, 0.29) is 6.04 Å². The van der Waals surface area contributed by atoms with Gasteiger partial charge in [0.15, 0.2) is 0 Å². The van der Waals surface area contributed by atoms with E-state index in [1.54, 1.807) is 0 Å². The van der Waals surface area contributed by atoms with Gasteiger partial charge in [0, 0.05) is 6.04 Å². The SMILES string of the molecule is O=C(O)NC1CCC2OC2C1. The molecule has 0 bridgehead atoms. The number of rotatable bonds is 1. The van der Waals surface area contributed by atoms with Crippen molar-refractivity contribution in [1.29, 1.82) is 0 Å². The molecule has 2 rings (SSSR count). The zero-order chi connectivity index (χ0) is 7.84. The normalized spacial score (nSPS) is 40.9. The number of amides is 1. The number of carbonyl (C=O) groups is 1. The smallest absolute Gasteiger partial charge is 0.404 e. The van der Waals surface area contributed by atoms with Crippen molar-refractivity contribution in [3.8, 4) is 0 Å². The van der Waals surface area contributed by atoms with Gasteiger partial charge in [-0.2, -0.15) is 0 Å². The van der Waals surface area contributed by atoms with Gasteiger partial charge < -0.3 is 15.2 Å². The number of hydrogen-bond acceptors (Lipinski definition) is 2. The fourth-order valence-electron chi connectivity index (χ4n) is 1.71. The maximum atomic E-state index is 10.2. The highest BCUT2D eigenvalue weighted by Gasteiger charge is 2.44. The van der Waals surface area contributed by atoms with E-state index in [9.17, 15) is 4.79 Å². The van der Waals surface area contributed by atoms with Crippen molar-refractivity contribution in [3.63, 3.8) is 0 Å². The fourth-order valence-corrected chi connectivity index (χ4v) is 1.71. The van der Waals surface area contributed by atoms with Crippen LogP contribution in [0.4, 0.5) is 4.79 Å². The van der Waals surface area contributed by atoms with Crippen molar-refractivity contribution in [2.75, 3.05) is 0 Å². The molecule has 1 saturated carbocycles. The van der Waals surface area contributed by atoms with Crippen LogP contribution in [0.2, 0.25) is 0 Å². The van der Waals surface area contributed by atoms with E-state index in [4.69, 9.17) is 9.84 Å². The van der Waals surface area contributed by atoms with Crippen molar-refractivity contribution in [3.05, 3.63) is 0 Å². The van der Waals surface area contributed by atoms with E-state index in [0.717, 1.165) is 19.3 Å². The van der Waals surface area contributed by atoms with Gasteiger partial charge in [-0.05, 0) is 19.3 Å². The predicted molar refractivity (Wildman–Crippen MR) is 37.5 cm³/mol. The van der Waals surface area contributed by atoms with Gasteiger partial charge in [0.25, 0.3) is 0 Å². The highest BCUT2D eigenvalue weighted by molar-refractivity contribution is 5.64. The van der Waals surface area contributed by atoms with Gasteiger partial charge in [-0.3, -0.25) is 0 Å². The molecule has 0 aromatic heterocycles. The molecule has 0 radical (unpaired) electrons. The summed E-state index contributed by atoms with van der Waals surface area (Å²) >= 11 is 0. The van der Waals surface area contributed by atoms with Crippen LogP contribution in [0.1, 0.15) is 19.3 Å². The molecular weight excluding hydrogens is 146 g/mol. The second-order valence-corrected chi connectivity index (χ2v) is 3.17. The van der Waals surface area contributed by atoms with Crippen LogP contribution in [0.25, 0.3) is 0 Å². The lowest BCUT2D eigenvalue weighted by atomic mass is 9.96. The minimum atomic E-state index is -0.922. The zero-order valence-electron chi connectivity index (χ0n) is 6.12. The molecule has 2 fully saturated rings. The van der Waals surface area contributed by atoms with Gasteiger partial charge >= 0.3 is 6.09 Å². The lowest BCUT2D eigenvalue weighted by molar-refractivity contribution is 0.187. The van der Waals surface area contributed by atoms with E-state index in [1.165, 1.54) is 0 Å². The molecule has 1 saturated heterocycles. The summed E-state index contributed by atoms with van der Waals surface area (Å²) in [5, 5.41) is 10.9. The van der Waals surface area contributed by atoms with Crippen LogP contribution >= 0.6 is 0 Å². The van der Waals surface area contributed by atoms with Crippen LogP contribution in [-0.2, 0) is 4.74 Å². The van der Waals surface area contributed by atoms with Gasteiger partial charge in [-0.1, -0.05) is 0 Å². The van der Waals surface area contributed by atoms with E-state index in [2.05, 4.69) is 5.32 Å². The third-order valence-electron chi connectivity index (χ3n) is 2.33. The third kappa shape index (κ3) is 1.45. The third-order valence-corrected chi connectivity index (χ3v) is 2.33. The molecule has 0 aromatic carbocycles. The Labute approximate surface area is 64.5 Å². The number of nitrogens with one attached hydrogen (secondary N) is 1. The molecule has 4 nitrogen and oxygen atoms in total.